The van der Waals surface area contributed by atoms with E-state index in [0.29, 0.717) is 5.92 Å². The van der Waals surface area contributed by atoms with Crippen LogP contribution in [0.3, 0.4) is 0 Å². The zero-order chi connectivity index (χ0) is 12.0. The van der Waals surface area contributed by atoms with Crippen LogP contribution in [-0.2, 0) is 6.42 Å². The van der Waals surface area contributed by atoms with Gasteiger partial charge in [-0.1, -0.05) is 38.1 Å². The maximum Gasteiger partial charge on any atom is 0.0792 e. The second kappa shape index (κ2) is 6.66. The molecule has 16 heavy (non-hydrogen) atoms. The molecule has 1 unspecified atom stereocenters. The molecule has 0 aliphatic heterocycles. The third-order valence-electron chi connectivity index (χ3n) is 2.73. The largest absolute Gasteiger partial charge is 0.388 e. The Kier molecular flexibility index (Phi) is 5.50. The van der Waals surface area contributed by atoms with Gasteiger partial charge >= 0.3 is 0 Å². The fourth-order valence-electron chi connectivity index (χ4n) is 1.80. The maximum absolute atomic E-state index is 9.94. The van der Waals surface area contributed by atoms with Crippen molar-refractivity contribution in [1.82, 2.24) is 0 Å². The fourth-order valence-corrected chi connectivity index (χ4v) is 1.80. The molecule has 0 amide bonds. The van der Waals surface area contributed by atoms with Crippen molar-refractivity contribution in [1.29, 1.82) is 0 Å². The van der Waals surface area contributed by atoms with Gasteiger partial charge in [-0.3, -0.25) is 0 Å². The van der Waals surface area contributed by atoms with Crippen molar-refractivity contribution in [2.45, 2.75) is 39.2 Å². The lowest BCUT2D eigenvalue weighted by atomic mass is 9.98. The third kappa shape index (κ3) is 4.33. The predicted octanol–water partition coefficient (Wildman–Crippen LogP) is 2.66. The lowest BCUT2D eigenvalue weighted by Crippen LogP contribution is -2.03. The second-order valence-corrected chi connectivity index (χ2v) is 4.78. The first-order valence-corrected chi connectivity index (χ1v) is 6.10. The number of hydrogen-bond donors (Lipinski definition) is 2. The van der Waals surface area contributed by atoms with Crippen molar-refractivity contribution in [3.63, 3.8) is 0 Å². The molecular weight excluding hydrogens is 198 g/mol. The SMILES string of the molecule is CC(C)CC(O)c1ccc(CCCN)cc1. The summed E-state index contributed by atoms with van der Waals surface area (Å²) in [5.74, 6) is 0.520. The van der Waals surface area contributed by atoms with Gasteiger partial charge in [0.25, 0.3) is 0 Å². The van der Waals surface area contributed by atoms with Gasteiger partial charge in [0.15, 0.2) is 0 Å². The molecule has 3 N–H and O–H groups in total. The summed E-state index contributed by atoms with van der Waals surface area (Å²) >= 11 is 0. The van der Waals surface area contributed by atoms with E-state index in [1.807, 2.05) is 12.1 Å². The van der Waals surface area contributed by atoms with E-state index >= 15 is 0 Å². The van der Waals surface area contributed by atoms with Crippen molar-refractivity contribution >= 4 is 0 Å². The maximum atomic E-state index is 9.94. The molecule has 0 heterocycles. The normalized spacial score (nSPS) is 13.1. The number of hydrogen-bond acceptors (Lipinski definition) is 2. The molecule has 0 fully saturated rings. The van der Waals surface area contributed by atoms with Gasteiger partial charge in [-0.25, -0.2) is 0 Å². The summed E-state index contributed by atoms with van der Waals surface area (Å²) < 4.78 is 0. The van der Waals surface area contributed by atoms with Gasteiger partial charge in [0, 0.05) is 0 Å². The van der Waals surface area contributed by atoms with E-state index in [1.165, 1.54) is 5.56 Å². The van der Waals surface area contributed by atoms with Crippen molar-refractivity contribution in [3.05, 3.63) is 35.4 Å². The molecule has 2 nitrogen and oxygen atoms in total. The van der Waals surface area contributed by atoms with Crippen LogP contribution in [0.5, 0.6) is 0 Å². The highest BCUT2D eigenvalue weighted by atomic mass is 16.3. The monoisotopic (exact) mass is 221 g/mol. The van der Waals surface area contributed by atoms with Crippen molar-refractivity contribution < 1.29 is 5.11 Å². The number of rotatable bonds is 6. The number of nitrogens with two attached hydrogens (primary N) is 1. The Balaban J connectivity index is 2.56. The molecule has 0 saturated carbocycles. The summed E-state index contributed by atoms with van der Waals surface area (Å²) in [6, 6.07) is 8.24. The standard InChI is InChI=1S/C14H23NO/c1-11(2)10-14(16)13-7-5-12(6-8-13)4-3-9-15/h5-8,11,14,16H,3-4,9-10,15H2,1-2H3. The Bertz CT molecular complexity index is 292. The van der Waals surface area contributed by atoms with Gasteiger partial charge in [-0.05, 0) is 42.9 Å². The van der Waals surface area contributed by atoms with E-state index in [0.717, 1.165) is 31.4 Å². The van der Waals surface area contributed by atoms with Crippen LogP contribution in [0.1, 0.15) is 43.9 Å². The Morgan fingerprint density at radius 1 is 1.19 bits per heavy atom. The van der Waals surface area contributed by atoms with E-state index < -0.39 is 0 Å². The van der Waals surface area contributed by atoms with E-state index in [2.05, 4.69) is 26.0 Å². The Labute approximate surface area is 98.5 Å². The zero-order valence-corrected chi connectivity index (χ0v) is 10.3. The highest BCUT2D eigenvalue weighted by Crippen LogP contribution is 2.21. The second-order valence-electron chi connectivity index (χ2n) is 4.78. The fraction of sp³-hybridized carbons (Fsp3) is 0.571. The number of aliphatic hydroxyl groups is 1. The van der Waals surface area contributed by atoms with Crippen molar-refractivity contribution in [2.24, 2.45) is 11.7 Å². The molecule has 1 atom stereocenters. The van der Waals surface area contributed by atoms with Crippen LogP contribution in [0.2, 0.25) is 0 Å². The average molecular weight is 221 g/mol. The minimum atomic E-state index is -0.330. The van der Waals surface area contributed by atoms with Gasteiger partial charge in [-0.15, -0.1) is 0 Å². The summed E-state index contributed by atoms with van der Waals surface area (Å²) in [6.45, 7) is 4.98. The quantitative estimate of drug-likeness (QED) is 0.775. The summed E-state index contributed by atoms with van der Waals surface area (Å²) in [5, 5.41) is 9.94. The molecule has 90 valence electrons. The number of benzene rings is 1. The smallest absolute Gasteiger partial charge is 0.0792 e. The molecule has 0 saturated heterocycles. The van der Waals surface area contributed by atoms with E-state index in [9.17, 15) is 5.11 Å². The molecule has 0 aliphatic rings. The predicted molar refractivity (Wildman–Crippen MR) is 68.2 cm³/mol. The topological polar surface area (TPSA) is 46.2 Å². The van der Waals surface area contributed by atoms with Gasteiger partial charge in [0.1, 0.15) is 0 Å². The summed E-state index contributed by atoms with van der Waals surface area (Å²) in [7, 11) is 0. The van der Waals surface area contributed by atoms with Gasteiger partial charge in [0.05, 0.1) is 6.10 Å². The molecule has 0 radical (unpaired) electrons. The first kappa shape index (κ1) is 13.2. The van der Waals surface area contributed by atoms with Crippen LogP contribution in [0.15, 0.2) is 24.3 Å². The first-order valence-electron chi connectivity index (χ1n) is 6.10. The van der Waals surface area contributed by atoms with Crippen LogP contribution in [0.25, 0.3) is 0 Å². The Hall–Kier alpha value is -0.860. The van der Waals surface area contributed by atoms with Crippen LogP contribution < -0.4 is 5.73 Å². The minimum Gasteiger partial charge on any atom is -0.388 e. The van der Waals surface area contributed by atoms with Crippen molar-refractivity contribution in [2.75, 3.05) is 6.54 Å². The van der Waals surface area contributed by atoms with Gasteiger partial charge < -0.3 is 10.8 Å². The average Bonchev–Trinajstić information content (AvgIpc) is 2.26. The third-order valence-corrected chi connectivity index (χ3v) is 2.73. The van der Waals surface area contributed by atoms with Gasteiger partial charge in [-0.2, -0.15) is 0 Å². The lowest BCUT2D eigenvalue weighted by Gasteiger charge is -2.13. The molecule has 0 aliphatic carbocycles. The summed E-state index contributed by atoms with van der Waals surface area (Å²) in [5.41, 5.74) is 7.79. The first-order chi connectivity index (χ1) is 7.63. The molecule has 1 rings (SSSR count). The Morgan fingerprint density at radius 2 is 1.81 bits per heavy atom. The van der Waals surface area contributed by atoms with E-state index in [4.69, 9.17) is 5.73 Å². The van der Waals surface area contributed by atoms with Gasteiger partial charge in [0.2, 0.25) is 0 Å². The highest BCUT2D eigenvalue weighted by Gasteiger charge is 2.09. The van der Waals surface area contributed by atoms with E-state index in [1.54, 1.807) is 0 Å². The zero-order valence-electron chi connectivity index (χ0n) is 10.3. The summed E-state index contributed by atoms with van der Waals surface area (Å²) in [6.07, 6.45) is 2.54. The molecule has 1 aromatic carbocycles. The Morgan fingerprint density at radius 3 is 2.31 bits per heavy atom. The summed E-state index contributed by atoms with van der Waals surface area (Å²) in [4.78, 5) is 0. The van der Waals surface area contributed by atoms with Crippen LogP contribution >= 0.6 is 0 Å². The lowest BCUT2D eigenvalue weighted by molar-refractivity contribution is 0.151. The molecule has 1 aromatic rings. The minimum absolute atomic E-state index is 0.330. The van der Waals surface area contributed by atoms with Crippen LogP contribution in [0.4, 0.5) is 0 Å². The van der Waals surface area contributed by atoms with Crippen molar-refractivity contribution in [3.8, 4) is 0 Å². The molecule has 0 bridgehead atoms. The highest BCUT2D eigenvalue weighted by molar-refractivity contribution is 5.24. The number of aliphatic hydroxyl groups excluding tert-OH is 1. The molecular formula is C14H23NO. The molecule has 0 aromatic heterocycles. The van der Waals surface area contributed by atoms with Crippen LogP contribution in [0, 0.1) is 5.92 Å². The molecule has 0 spiro atoms. The van der Waals surface area contributed by atoms with E-state index in [-0.39, 0.29) is 6.10 Å². The van der Waals surface area contributed by atoms with Crippen LogP contribution in [-0.4, -0.2) is 11.7 Å². The number of aryl methyl sites for hydroxylation is 1. The molecule has 2 heteroatoms.